The first-order chi connectivity index (χ1) is 13.6. The third-order valence-electron chi connectivity index (χ3n) is 4.58. The van der Waals surface area contributed by atoms with Crippen molar-refractivity contribution < 1.29 is 36.6 Å². The summed E-state index contributed by atoms with van der Waals surface area (Å²) in [5, 5.41) is 8.65. The molecular weight excluding hydrogens is 395 g/mol. The number of carboxylic acids is 1. The molecular formula is C21H17F5O3. The summed E-state index contributed by atoms with van der Waals surface area (Å²) in [5.41, 5.74) is 0.732. The van der Waals surface area contributed by atoms with Gasteiger partial charge in [0.15, 0.2) is 17.4 Å². The van der Waals surface area contributed by atoms with Crippen LogP contribution in [0.1, 0.15) is 30.4 Å². The second kappa shape index (κ2) is 8.23. The highest BCUT2D eigenvalue weighted by Crippen LogP contribution is 2.44. The normalized spacial score (nSPS) is 15.6. The van der Waals surface area contributed by atoms with Gasteiger partial charge in [-0.15, -0.1) is 0 Å². The molecule has 2 aromatic rings. The maximum atomic E-state index is 14.2. The van der Waals surface area contributed by atoms with Crippen LogP contribution in [0, 0.1) is 17.5 Å². The summed E-state index contributed by atoms with van der Waals surface area (Å²) in [4.78, 5) is 10.6. The Labute approximate surface area is 163 Å². The minimum Gasteiger partial charge on any atom is -0.483 e. The molecule has 0 saturated heterocycles. The number of carbonyl (C=O) groups is 1. The van der Waals surface area contributed by atoms with Crippen LogP contribution in [0.5, 0.6) is 5.75 Å². The number of aryl methyl sites for hydroxylation is 1. The molecule has 1 N–H and O–H groups in total. The van der Waals surface area contributed by atoms with Crippen molar-refractivity contribution in [2.45, 2.75) is 31.6 Å². The molecule has 8 heteroatoms. The highest BCUT2D eigenvalue weighted by Gasteiger charge is 2.39. The van der Waals surface area contributed by atoms with Crippen molar-refractivity contribution in [1.82, 2.24) is 0 Å². The van der Waals surface area contributed by atoms with Crippen molar-refractivity contribution in [1.29, 1.82) is 0 Å². The van der Waals surface area contributed by atoms with E-state index >= 15 is 0 Å². The molecule has 0 amide bonds. The van der Waals surface area contributed by atoms with Crippen LogP contribution in [0.4, 0.5) is 22.0 Å². The number of hydrogen-bond donors (Lipinski definition) is 1. The molecule has 0 heterocycles. The molecule has 0 aliphatic heterocycles. The summed E-state index contributed by atoms with van der Waals surface area (Å²) in [6.07, 6.45) is -1.63. The number of hydrogen-bond acceptors (Lipinski definition) is 2. The lowest BCUT2D eigenvalue weighted by Gasteiger charge is -2.12. The van der Waals surface area contributed by atoms with Gasteiger partial charge in [0.25, 0.3) is 5.92 Å². The van der Waals surface area contributed by atoms with E-state index in [1.807, 2.05) is 0 Å². The molecule has 0 bridgehead atoms. The van der Waals surface area contributed by atoms with E-state index < -0.39 is 54.5 Å². The SMILES string of the molecule is O=C(O)CCc1cc(F)c(OCC2=C(c3cccc(F)c3)CC(F)(F)C2)c(F)c1. The van der Waals surface area contributed by atoms with Crippen molar-refractivity contribution in [3.63, 3.8) is 0 Å². The van der Waals surface area contributed by atoms with Crippen LogP contribution < -0.4 is 4.74 Å². The highest BCUT2D eigenvalue weighted by molar-refractivity contribution is 5.72. The number of benzene rings is 2. The van der Waals surface area contributed by atoms with Gasteiger partial charge in [-0.2, -0.15) is 0 Å². The van der Waals surface area contributed by atoms with Gasteiger partial charge in [-0.25, -0.2) is 22.0 Å². The number of ether oxygens (including phenoxy) is 1. The highest BCUT2D eigenvalue weighted by atomic mass is 19.3. The van der Waals surface area contributed by atoms with E-state index in [0.29, 0.717) is 0 Å². The van der Waals surface area contributed by atoms with E-state index in [4.69, 9.17) is 9.84 Å². The Kier molecular flexibility index (Phi) is 5.91. The van der Waals surface area contributed by atoms with Crippen LogP contribution in [-0.2, 0) is 11.2 Å². The molecule has 2 aromatic carbocycles. The summed E-state index contributed by atoms with van der Waals surface area (Å²) in [5.74, 6) is -7.58. The van der Waals surface area contributed by atoms with Crippen molar-refractivity contribution in [2.75, 3.05) is 6.61 Å². The lowest BCUT2D eigenvalue weighted by atomic mass is 10.0. The summed E-state index contributed by atoms with van der Waals surface area (Å²) < 4.78 is 74.9. The smallest absolute Gasteiger partial charge is 0.303 e. The zero-order valence-corrected chi connectivity index (χ0v) is 15.2. The van der Waals surface area contributed by atoms with Crippen LogP contribution in [0.2, 0.25) is 0 Å². The Balaban J connectivity index is 1.81. The average molecular weight is 412 g/mol. The van der Waals surface area contributed by atoms with E-state index in [0.717, 1.165) is 18.2 Å². The second-order valence-corrected chi connectivity index (χ2v) is 6.87. The fourth-order valence-corrected chi connectivity index (χ4v) is 3.29. The maximum Gasteiger partial charge on any atom is 0.303 e. The van der Waals surface area contributed by atoms with Gasteiger partial charge in [-0.05, 0) is 53.0 Å². The fraction of sp³-hybridized carbons (Fsp3) is 0.286. The Morgan fingerprint density at radius 3 is 2.38 bits per heavy atom. The van der Waals surface area contributed by atoms with E-state index in [1.165, 1.54) is 18.2 Å². The first-order valence-electron chi connectivity index (χ1n) is 8.82. The lowest BCUT2D eigenvalue weighted by Crippen LogP contribution is -2.12. The molecule has 1 aliphatic carbocycles. The lowest BCUT2D eigenvalue weighted by molar-refractivity contribution is -0.136. The zero-order valence-electron chi connectivity index (χ0n) is 15.2. The molecule has 0 spiro atoms. The van der Waals surface area contributed by atoms with Crippen LogP contribution in [0.25, 0.3) is 5.57 Å². The molecule has 0 saturated carbocycles. The van der Waals surface area contributed by atoms with Gasteiger partial charge in [0.2, 0.25) is 0 Å². The van der Waals surface area contributed by atoms with Crippen LogP contribution in [0.15, 0.2) is 42.0 Å². The van der Waals surface area contributed by atoms with Gasteiger partial charge in [0.05, 0.1) is 0 Å². The molecule has 0 atom stereocenters. The Morgan fingerprint density at radius 2 is 1.76 bits per heavy atom. The largest absolute Gasteiger partial charge is 0.483 e. The first-order valence-corrected chi connectivity index (χ1v) is 8.82. The average Bonchev–Trinajstić information content (AvgIpc) is 2.94. The molecule has 154 valence electrons. The van der Waals surface area contributed by atoms with Gasteiger partial charge in [0.1, 0.15) is 12.4 Å². The fourth-order valence-electron chi connectivity index (χ4n) is 3.29. The summed E-state index contributed by atoms with van der Waals surface area (Å²) in [6, 6.07) is 7.08. The molecule has 0 unspecified atom stereocenters. The summed E-state index contributed by atoms with van der Waals surface area (Å²) in [6.45, 7) is -0.482. The van der Waals surface area contributed by atoms with Crippen molar-refractivity contribution >= 4 is 11.5 Å². The predicted molar refractivity (Wildman–Crippen MR) is 95.3 cm³/mol. The van der Waals surface area contributed by atoms with Crippen molar-refractivity contribution in [3.8, 4) is 5.75 Å². The van der Waals surface area contributed by atoms with E-state index in [1.54, 1.807) is 0 Å². The third kappa shape index (κ3) is 5.13. The molecule has 3 rings (SSSR count). The van der Waals surface area contributed by atoms with Crippen LogP contribution in [-0.4, -0.2) is 23.6 Å². The van der Waals surface area contributed by atoms with Gasteiger partial charge in [-0.1, -0.05) is 12.1 Å². The monoisotopic (exact) mass is 412 g/mol. The Bertz CT molecular complexity index is 946. The quantitative estimate of drug-likeness (QED) is 0.621. The number of carboxylic acid groups (broad SMARTS) is 1. The maximum absolute atomic E-state index is 14.2. The van der Waals surface area contributed by atoms with E-state index in [2.05, 4.69) is 0 Å². The molecule has 3 nitrogen and oxygen atoms in total. The van der Waals surface area contributed by atoms with E-state index in [9.17, 15) is 26.7 Å². The number of halogens is 5. The van der Waals surface area contributed by atoms with E-state index in [-0.39, 0.29) is 35.1 Å². The third-order valence-corrected chi connectivity index (χ3v) is 4.58. The van der Waals surface area contributed by atoms with Crippen molar-refractivity contribution in [3.05, 3.63) is 70.5 Å². The molecule has 0 radical (unpaired) electrons. The zero-order chi connectivity index (χ0) is 21.2. The minimum atomic E-state index is -3.06. The molecule has 0 aromatic heterocycles. The number of aliphatic carboxylic acids is 1. The number of rotatable bonds is 7. The van der Waals surface area contributed by atoms with Gasteiger partial charge < -0.3 is 9.84 Å². The standard InChI is InChI=1S/C21H17F5O3/c22-15-3-1-2-13(8-15)16-10-21(25,26)9-14(16)11-29-20-17(23)6-12(7-18(20)24)4-5-19(27)28/h1-3,6-8H,4-5,9-11H2,(H,27,28). The minimum absolute atomic E-state index is 0.0649. The van der Waals surface area contributed by atoms with Gasteiger partial charge in [0, 0.05) is 19.3 Å². The summed E-state index contributed by atoms with van der Waals surface area (Å²) in [7, 11) is 0. The van der Waals surface area contributed by atoms with Crippen molar-refractivity contribution in [2.24, 2.45) is 0 Å². The predicted octanol–water partition coefficient (Wildman–Crippen LogP) is 5.38. The number of allylic oxidation sites excluding steroid dienone is 1. The van der Waals surface area contributed by atoms with Crippen LogP contribution >= 0.6 is 0 Å². The number of alkyl halides is 2. The second-order valence-electron chi connectivity index (χ2n) is 6.87. The van der Waals surface area contributed by atoms with Crippen LogP contribution in [0.3, 0.4) is 0 Å². The summed E-state index contributed by atoms with van der Waals surface area (Å²) >= 11 is 0. The van der Waals surface area contributed by atoms with Gasteiger partial charge >= 0.3 is 5.97 Å². The topological polar surface area (TPSA) is 46.5 Å². The molecule has 29 heavy (non-hydrogen) atoms. The first kappa shape index (κ1) is 20.8. The Hall–Kier alpha value is -2.90. The molecule has 0 fully saturated rings. The Morgan fingerprint density at radius 1 is 1.07 bits per heavy atom. The van der Waals surface area contributed by atoms with Gasteiger partial charge in [-0.3, -0.25) is 4.79 Å². The molecule has 1 aliphatic rings.